The van der Waals surface area contributed by atoms with Crippen LogP contribution in [-0.2, 0) is 0 Å². The molecule has 2 nitrogen and oxygen atoms in total. The van der Waals surface area contributed by atoms with Gasteiger partial charge in [0.1, 0.15) is 0 Å². The van der Waals surface area contributed by atoms with E-state index in [2.05, 4.69) is 71.7 Å². The van der Waals surface area contributed by atoms with Gasteiger partial charge in [-0.25, -0.2) is 0 Å². The highest BCUT2D eigenvalue weighted by atomic mass is 14.7. The molecule has 2 heterocycles. The van der Waals surface area contributed by atoms with E-state index in [1.807, 2.05) is 30.6 Å². The van der Waals surface area contributed by atoms with Crippen molar-refractivity contribution < 1.29 is 0 Å². The highest BCUT2D eigenvalue weighted by Gasteiger charge is 2.10. The van der Waals surface area contributed by atoms with Gasteiger partial charge in [0.2, 0.25) is 0 Å². The van der Waals surface area contributed by atoms with Crippen molar-refractivity contribution in [3.05, 3.63) is 97.3 Å². The van der Waals surface area contributed by atoms with Crippen LogP contribution in [0, 0.1) is 6.07 Å². The second-order valence-corrected chi connectivity index (χ2v) is 7.04. The van der Waals surface area contributed by atoms with E-state index in [4.69, 9.17) is 4.98 Å². The average molecular weight is 355 g/mol. The molecule has 0 atom stereocenters. The summed E-state index contributed by atoms with van der Waals surface area (Å²) in [5.74, 6) is 0. The Morgan fingerprint density at radius 2 is 1.46 bits per heavy atom. The van der Waals surface area contributed by atoms with E-state index < -0.39 is 0 Å². The van der Waals surface area contributed by atoms with Crippen LogP contribution < -0.4 is 0 Å². The summed E-state index contributed by atoms with van der Waals surface area (Å²) < 4.78 is 0. The van der Waals surface area contributed by atoms with Gasteiger partial charge in [0.05, 0.1) is 11.0 Å². The van der Waals surface area contributed by atoms with Crippen LogP contribution in [0.15, 0.2) is 91.3 Å². The average Bonchev–Trinajstić information content (AvgIpc) is 2.78. The fourth-order valence-corrected chi connectivity index (χ4v) is 4.09. The van der Waals surface area contributed by atoms with Crippen molar-refractivity contribution in [1.82, 2.24) is 9.97 Å². The van der Waals surface area contributed by atoms with Crippen molar-refractivity contribution in [3.8, 4) is 11.1 Å². The normalized spacial score (nSPS) is 11.6. The maximum atomic E-state index is 4.69. The van der Waals surface area contributed by atoms with Crippen LogP contribution in [0.2, 0.25) is 0 Å². The predicted molar refractivity (Wildman–Crippen MR) is 116 cm³/mol. The van der Waals surface area contributed by atoms with Gasteiger partial charge in [-0.05, 0) is 46.2 Å². The van der Waals surface area contributed by atoms with Crippen molar-refractivity contribution in [2.75, 3.05) is 0 Å². The Balaban J connectivity index is 1.73. The molecule has 1 radical (unpaired) electrons. The number of pyridine rings is 2. The summed E-state index contributed by atoms with van der Waals surface area (Å²) in [5, 5.41) is 6.95. The fourth-order valence-electron chi connectivity index (χ4n) is 4.09. The van der Waals surface area contributed by atoms with Gasteiger partial charge in [0, 0.05) is 33.9 Å². The first-order valence-electron chi connectivity index (χ1n) is 9.34. The van der Waals surface area contributed by atoms with Gasteiger partial charge in [0.15, 0.2) is 0 Å². The smallest absolute Gasteiger partial charge is 0.0714 e. The molecule has 4 aromatic carbocycles. The van der Waals surface area contributed by atoms with Crippen molar-refractivity contribution >= 4 is 43.4 Å². The third kappa shape index (κ3) is 2.21. The van der Waals surface area contributed by atoms with Gasteiger partial charge in [-0.2, -0.15) is 0 Å². The largest absolute Gasteiger partial charge is 0.256 e. The predicted octanol–water partition coefficient (Wildman–Crippen LogP) is 6.56. The van der Waals surface area contributed by atoms with Crippen molar-refractivity contribution in [1.29, 1.82) is 0 Å². The van der Waals surface area contributed by atoms with Crippen LogP contribution >= 0.6 is 0 Å². The molecule has 129 valence electrons. The molecule has 0 spiro atoms. The first-order chi connectivity index (χ1) is 13.9. The summed E-state index contributed by atoms with van der Waals surface area (Å²) in [7, 11) is 0. The van der Waals surface area contributed by atoms with Crippen LogP contribution in [0.5, 0.6) is 0 Å². The first kappa shape index (κ1) is 15.3. The van der Waals surface area contributed by atoms with E-state index >= 15 is 0 Å². The Morgan fingerprint density at radius 1 is 0.643 bits per heavy atom. The zero-order valence-electron chi connectivity index (χ0n) is 15.1. The summed E-state index contributed by atoms with van der Waals surface area (Å²) in [6, 6.07) is 30.7. The van der Waals surface area contributed by atoms with Crippen LogP contribution in [0.4, 0.5) is 0 Å². The number of hydrogen-bond donors (Lipinski definition) is 0. The summed E-state index contributed by atoms with van der Waals surface area (Å²) in [5.41, 5.74) is 4.37. The standard InChI is InChI=1S/C26H15N2/c1-2-7-21-18(6-1)15-28-25-11-5-9-20(26(21)25)17-12-13-19-16-27-24-10-4-3-8-22(24)23(19)14-17/h1-7,9-16H. The summed E-state index contributed by atoms with van der Waals surface area (Å²) in [6.45, 7) is 0. The number of hydrogen-bond acceptors (Lipinski definition) is 2. The first-order valence-corrected chi connectivity index (χ1v) is 9.34. The molecule has 0 aliphatic carbocycles. The van der Waals surface area contributed by atoms with Gasteiger partial charge in [-0.15, -0.1) is 0 Å². The molecule has 6 rings (SSSR count). The minimum Gasteiger partial charge on any atom is -0.256 e. The van der Waals surface area contributed by atoms with Crippen LogP contribution in [0.1, 0.15) is 0 Å². The lowest BCUT2D eigenvalue weighted by atomic mass is 9.94. The van der Waals surface area contributed by atoms with E-state index in [-0.39, 0.29) is 0 Å². The molecule has 0 unspecified atom stereocenters. The third-order valence-electron chi connectivity index (χ3n) is 5.43. The monoisotopic (exact) mass is 355 g/mol. The van der Waals surface area contributed by atoms with Crippen molar-refractivity contribution in [3.63, 3.8) is 0 Å². The number of rotatable bonds is 1. The highest BCUT2D eigenvalue weighted by Crippen LogP contribution is 2.35. The SMILES string of the molecule is [c]1cccc2ncc3ccc(-c4cccc5ncc6ccccc6c45)cc3c12. The Labute approximate surface area is 162 Å². The molecular weight excluding hydrogens is 340 g/mol. The van der Waals surface area contributed by atoms with E-state index in [0.29, 0.717) is 0 Å². The topological polar surface area (TPSA) is 25.8 Å². The van der Waals surface area contributed by atoms with E-state index in [0.717, 1.165) is 27.2 Å². The lowest BCUT2D eigenvalue weighted by molar-refractivity contribution is 1.44. The van der Waals surface area contributed by atoms with Gasteiger partial charge in [-0.3, -0.25) is 9.97 Å². The molecule has 6 aromatic rings. The summed E-state index contributed by atoms with van der Waals surface area (Å²) in [4.78, 5) is 9.25. The van der Waals surface area contributed by atoms with Crippen molar-refractivity contribution in [2.24, 2.45) is 0 Å². The van der Waals surface area contributed by atoms with E-state index in [1.165, 1.54) is 27.3 Å². The highest BCUT2D eigenvalue weighted by molar-refractivity contribution is 6.14. The molecule has 0 saturated heterocycles. The van der Waals surface area contributed by atoms with E-state index in [9.17, 15) is 0 Å². The van der Waals surface area contributed by atoms with E-state index in [1.54, 1.807) is 0 Å². The minimum absolute atomic E-state index is 0.970. The summed E-state index contributed by atoms with van der Waals surface area (Å²) >= 11 is 0. The molecule has 2 heteroatoms. The Kier molecular flexibility index (Phi) is 3.20. The van der Waals surface area contributed by atoms with Crippen LogP contribution in [-0.4, -0.2) is 9.97 Å². The number of nitrogens with zero attached hydrogens (tertiary/aromatic N) is 2. The van der Waals surface area contributed by atoms with Crippen LogP contribution in [0.25, 0.3) is 54.5 Å². The van der Waals surface area contributed by atoms with Crippen LogP contribution in [0.3, 0.4) is 0 Å². The maximum Gasteiger partial charge on any atom is 0.0714 e. The third-order valence-corrected chi connectivity index (χ3v) is 5.43. The molecule has 0 saturated carbocycles. The molecular formula is C26H15N2. The molecule has 28 heavy (non-hydrogen) atoms. The molecule has 0 amide bonds. The number of fused-ring (bicyclic) bond motifs is 6. The summed E-state index contributed by atoms with van der Waals surface area (Å²) in [6.07, 6.45) is 3.89. The van der Waals surface area contributed by atoms with Gasteiger partial charge < -0.3 is 0 Å². The molecule has 0 N–H and O–H groups in total. The number of benzene rings is 4. The molecule has 0 bridgehead atoms. The lowest BCUT2D eigenvalue weighted by Crippen LogP contribution is -1.88. The zero-order valence-corrected chi connectivity index (χ0v) is 15.1. The van der Waals surface area contributed by atoms with Crippen molar-refractivity contribution in [2.45, 2.75) is 0 Å². The van der Waals surface area contributed by atoms with Gasteiger partial charge in [-0.1, -0.05) is 60.7 Å². The molecule has 0 fully saturated rings. The molecule has 2 aromatic heterocycles. The minimum atomic E-state index is 0.970. The van der Waals surface area contributed by atoms with Gasteiger partial charge in [0.25, 0.3) is 0 Å². The fraction of sp³-hybridized carbons (Fsp3) is 0. The zero-order chi connectivity index (χ0) is 18.5. The lowest BCUT2D eigenvalue weighted by Gasteiger charge is -2.11. The number of aromatic nitrogens is 2. The Bertz CT molecular complexity index is 1520. The molecule has 0 aliphatic heterocycles. The quantitative estimate of drug-likeness (QED) is 0.312. The second kappa shape index (κ2) is 5.86. The Hall–Kier alpha value is -3.78. The Morgan fingerprint density at radius 3 is 2.43 bits per heavy atom. The second-order valence-electron chi connectivity index (χ2n) is 7.04. The van der Waals surface area contributed by atoms with Gasteiger partial charge >= 0.3 is 0 Å². The molecule has 0 aliphatic rings. The maximum absolute atomic E-state index is 4.69.